The summed E-state index contributed by atoms with van der Waals surface area (Å²) in [6, 6.07) is 6.81. The number of benzene rings is 1. The van der Waals surface area contributed by atoms with Crippen molar-refractivity contribution in [1.29, 1.82) is 0 Å². The Bertz CT molecular complexity index is 573. The number of rotatable bonds is 3. The first-order chi connectivity index (χ1) is 9.04. The van der Waals surface area contributed by atoms with Crippen molar-refractivity contribution in [2.24, 2.45) is 5.84 Å². The van der Waals surface area contributed by atoms with Crippen molar-refractivity contribution < 1.29 is 4.39 Å². The minimum absolute atomic E-state index is 0.259. The summed E-state index contributed by atoms with van der Waals surface area (Å²) in [5.74, 6) is 5.37. The molecule has 0 aliphatic rings. The third-order valence-electron chi connectivity index (χ3n) is 3.26. The highest BCUT2D eigenvalue weighted by atomic mass is 19.1. The number of hydrazine groups is 1. The van der Waals surface area contributed by atoms with Gasteiger partial charge in [0, 0.05) is 11.8 Å². The maximum Gasteiger partial charge on any atom is 0.128 e. The molecule has 2 aromatic rings. The highest BCUT2D eigenvalue weighted by molar-refractivity contribution is 5.39. The van der Waals surface area contributed by atoms with Gasteiger partial charge in [0.15, 0.2) is 0 Å². The molecule has 3 nitrogen and oxygen atoms in total. The van der Waals surface area contributed by atoms with Crippen molar-refractivity contribution in [2.75, 3.05) is 0 Å². The molecule has 0 fully saturated rings. The van der Waals surface area contributed by atoms with E-state index in [0.29, 0.717) is 5.56 Å². The zero-order valence-electron chi connectivity index (χ0n) is 11.4. The maximum absolute atomic E-state index is 14.2. The number of halogens is 1. The molecule has 0 radical (unpaired) electrons. The van der Waals surface area contributed by atoms with Crippen LogP contribution in [0.25, 0.3) is 0 Å². The van der Waals surface area contributed by atoms with Crippen LogP contribution < -0.4 is 11.3 Å². The van der Waals surface area contributed by atoms with Gasteiger partial charge in [0.2, 0.25) is 0 Å². The highest BCUT2D eigenvalue weighted by Crippen LogP contribution is 2.28. The van der Waals surface area contributed by atoms with E-state index < -0.39 is 6.04 Å². The Morgan fingerprint density at radius 2 is 1.95 bits per heavy atom. The number of nitrogens with zero attached hydrogens (tertiary/aromatic N) is 1. The molecule has 0 saturated carbocycles. The van der Waals surface area contributed by atoms with Crippen LogP contribution in [0.4, 0.5) is 4.39 Å². The van der Waals surface area contributed by atoms with Gasteiger partial charge in [0.1, 0.15) is 5.82 Å². The predicted molar refractivity (Wildman–Crippen MR) is 74.0 cm³/mol. The van der Waals surface area contributed by atoms with Crippen LogP contribution in [0.15, 0.2) is 30.5 Å². The van der Waals surface area contributed by atoms with E-state index in [9.17, 15) is 4.39 Å². The number of nitrogens with two attached hydrogens (primary N) is 1. The molecule has 0 spiro atoms. The molecular weight excluding hydrogens is 241 g/mol. The van der Waals surface area contributed by atoms with Crippen molar-refractivity contribution in [3.63, 3.8) is 0 Å². The van der Waals surface area contributed by atoms with Gasteiger partial charge in [-0.3, -0.25) is 10.8 Å². The Morgan fingerprint density at radius 1 is 1.21 bits per heavy atom. The van der Waals surface area contributed by atoms with Crippen LogP contribution in [0.5, 0.6) is 0 Å². The fourth-order valence-corrected chi connectivity index (χ4v) is 2.39. The summed E-state index contributed by atoms with van der Waals surface area (Å²) in [5.41, 5.74) is 6.71. The Kier molecular flexibility index (Phi) is 3.93. The number of hydrogen-bond donors (Lipinski definition) is 2. The third kappa shape index (κ3) is 2.64. The average Bonchev–Trinajstić information content (AvgIpc) is 2.34. The molecule has 0 bridgehead atoms. The molecule has 1 unspecified atom stereocenters. The molecule has 1 aromatic heterocycles. The molecular formula is C15H18FN3. The zero-order chi connectivity index (χ0) is 14.0. The van der Waals surface area contributed by atoms with Crippen molar-refractivity contribution in [1.82, 2.24) is 10.4 Å². The lowest BCUT2D eigenvalue weighted by molar-refractivity contribution is 0.547. The van der Waals surface area contributed by atoms with Crippen molar-refractivity contribution >= 4 is 0 Å². The van der Waals surface area contributed by atoms with Crippen LogP contribution in [-0.4, -0.2) is 4.98 Å². The van der Waals surface area contributed by atoms with Crippen molar-refractivity contribution in [3.8, 4) is 0 Å². The first kappa shape index (κ1) is 13.6. The maximum atomic E-state index is 14.2. The molecule has 1 heterocycles. The average molecular weight is 259 g/mol. The van der Waals surface area contributed by atoms with Gasteiger partial charge in [-0.15, -0.1) is 0 Å². The van der Waals surface area contributed by atoms with E-state index in [0.717, 1.165) is 22.4 Å². The van der Waals surface area contributed by atoms with Crippen LogP contribution in [0, 0.1) is 26.6 Å². The monoisotopic (exact) mass is 259 g/mol. The van der Waals surface area contributed by atoms with Gasteiger partial charge < -0.3 is 0 Å². The number of aryl methyl sites for hydroxylation is 3. The Morgan fingerprint density at radius 3 is 2.53 bits per heavy atom. The molecule has 3 N–H and O–H groups in total. The second kappa shape index (κ2) is 5.47. The summed E-state index contributed by atoms with van der Waals surface area (Å²) in [4.78, 5) is 4.32. The van der Waals surface area contributed by atoms with E-state index in [4.69, 9.17) is 5.84 Å². The molecule has 2 rings (SSSR count). The fourth-order valence-electron chi connectivity index (χ4n) is 2.39. The van der Waals surface area contributed by atoms with Gasteiger partial charge in [-0.2, -0.15) is 0 Å². The molecule has 0 saturated heterocycles. The zero-order valence-corrected chi connectivity index (χ0v) is 11.4. The second-order valence-corrected chi connectivity index (χ2v) is 4.78. The minimum atomic E-state index is -0.443. The number of nitrogens with one attached hydrogen (secondary N) is 1. The van der Waals surface area contributed by atoms with Gasteiger partial charge in [-0.25, -0.2) is 9.82 Å². The van der Waals surface area contributed by atoms with Gasteiger partial charge in [0.05, 0.1) is 11.7 Å². The van der Waals surface area contributed by atoms with Crippen LogP contribution >= 0.6 is 0 Å². The number of aromatic nitrogens is 1. The number of pyridine rings is 1. The van der Waals surface area contributed by atoms with Crippen LogP contribution in [0.1, 0.15) is 34.0 Å². The van der Waals surface area contributed by atoms with Crippen molar-refractivity contribution in [2.45, 2.75) is 26.8 Å². The summed E-state index contributed by atoms with van der Waals surface area (Å²) in [6.45, 7) is 5.69. The minimum Gasteiger partial charge on any atom is -0.271 e. The molecule has 1 aromatic carbocycles. The molecule has 1 atom stereocenters. The van der Waals surface area contributed by atoms with Crippen LogP contribution in [0.2, 0.25) is 0 Å². The highest BCUT2D eigenvalue weighted by Gasteiger charge is 2.21. The summed E-state index contributed by atoms with van der Waals surface area (Å²) >= 11 is 0. The van der Waals surface area contributed by atoms with Gasteiger partial charge in [0.25, 0.3) is 0 Å². The fraction of sp³-hybridized carbons (Fsp3) is 0.267. The Hall–Kier alpha value is -1.78. The van der Waals surface area contributed by atoms with Crippen LogP contribution in [0.3, 0.4) is 0 Å². The normalized spacial score (nSPS) is 12.5. The Labute approximate surface area is 112 Å². The van der Waals surface area contributed by atoms with E-state index in [-0.39, 0.29) is 5.82 Å². The second-order valence-electron chi connectivity index (χ2n) is 4.78. The van der Waals surface area contributed by atoms with E-state index in [1.807, 2.05) is 39.0 Å². The van der Waals surface area contributed by atoms with Gasteiger partial charge >= 0.3 is 0 Å². The van der Waals surface area contributed by atoms with E-state index in [2.05, 4.69) is 10.4 Å². The number of hydrogen-bond acceptors (Lipinski definition) is 3. The molecule has 100 valence electrons. The van der Waals surface area contributed by atoms with Gasteiger partial charge in [-0.05, 0) is 49.6 Å². The predicted octanol–water partition coefficient (Wildman–Crippen LogP) is 2.70. The lowest BCUT2D eigenvalue weighted by Gasteiger charge is -2.20. The summed E-state index contributed by atoms with van der Waals surface area (Å²) in [7, 11) is 0. The lowest BCUT2D eigenvalue weighted by Crippen LogP contribution is -2.31. The topological polar surface area (TPSA) is 50.9 Å². The first-order valence-electron chi connectivity index (χ1n) is 6.19. The molecule has 19 heavy (non-hydrogen) atoms. The summed E-state index contributed by atoms with van der Waals surface area (Å²) < 4.78 is 14.2. The smallest absolute Gasteiger partial charge is 0.128 e. The molecule has 0 aliphatic carbocycles. The first-order valence-corrected chi connectivity index (χ1v) is 6.19. The lowest BCUT2D eigenvalue weighted by atomic mass is 9.94. The summed E-state index contributed by atoms with van der Waals surface area (Å²) in [5, 5.41) is 0. The Balaban J connectivity index is 2.58. The van der Waals surface area contributed by atoms with E-state index in [1.165, 1.54) is 6.07 Å². The molecule has 4 heteroatoms. The third-order valence-corrected chi connectivity index (χ3v) is 3.26. The molecule has 0 aliphatic heterocycles. The van der Waals surface area contributed by atoms with Crippen molar-refractivity contribution in [3.05, 3.63) is 64.2 Å². The standard InChI is InChI=1S/C15H18FN3/c1-9-7-11(3)13(12(16)8-9)15(19-17)14-10(2)5-4-6-18-14/h4-8,15,19H,17H2,1-3H3. The van der Waals surface area contributed by atoms with E-state index in [1.54, 1.807) is 6.20 Å². The van der Waals surface area contributed by atoms with E-state index >= 15 is 0 Å². The SMILES string of the molecule is Cc1cc(C)c(C(NN)c2ncccc2C)c(F)c1. The molecule has 0 amide bonds. The summed E-state index contributed by atoms with van der Waals surface area (Å²) in [6.07, 6.45) is 1.69. The van der Waals surface area contributed by atoms with Gasteiger partial charge in [-0.1, -0.05) is 12.1 Å². The quantitative estimate of drug-likeness (QED) is 0.658. The van der Waals surface area contributed by atoms with Crippen LogP contribution in [-0.2, 0) is 0 Å². The largest absolute Gasteiger partial charge is 0.271 e.